The van der Waals surface area contributed by atoms with Gasteiger partial charge in [0.15, 0.2) is 0 Å². The highest BCUT2D eigenvalue weighted by Gasteiger charge is 2.22. The van der Waals surface area contributed by atoms with E-state index in [0.29, 0.717) is 6.10 Å². The van der Waals surface area contributed by atoms with Crippen LogP contribution in [0.25, 0.3) is 0 Å². The van der Waals surface area contributed by atoms with Crippen LogP contribution in [0.1, 0.15) is 38.9 Å². The van der Waals surface area contributed by atoms with Crippen LogP contribution in [-0.4, -0.2) is 35.3 Å². The van der Waals surface area contributed by atoms with Gasteiger partial charge < -0.3 is 15.4 Å². The van der Waals surface area contributed by atoms with Crippen LogP contribution in [0.5, 0.6) is 0 Å². The molecule has 0 radical (unpaired) electrons. The van der Waals surface area contributed by atoms with Crippen LogP contribution in [0.15, 0.2) is 6.07 Å². The minimum absolute atomic E-state index is 0.274. The van der Waals surface area contributed by atoms with Gasteiger partial charge in [0.25, 0.3) is 0 Å². The van der Waals surface area contributed by atoms with E-state index in [1.165, 1.54) is 0 Å². The maximum absolute atomic E-state index is 5.69. The summed E-state index contributed by atoms with van der Waals surface area (Å²) in [6, 6.07) is 2.24. The lowest BCUT2D eigenvalue weighted by atomic mass is 10.1. The monoisotopic (exact) mass is 264 g/mol. The topological polar surface area (TPSA) is 59.1 Å². The van der Waals surface area contributed by atoms with E-state index in [1.54, 1.807) is 0 Å². The molecule has 0 spiro atoms. The predicted molar refractivity (Wildman–Crippen MR) is 77.6 cm³/mol. The molecule has 1 aliphatic heterocycles. The van der Waals surface area contributed by atoms with Crippen LogP contribution in [-0.2, 0) is 4.74 Å². The number of nitrogens with one attached hydrogen (secondary N) is 2. The van der Waals surface area contributed by atoms with Crippen molar-refractivity contribution in [1.29, 1.82) is 0 Å². The summed E-state index contributed by atoms with van der Waals surface area (Å²) in [5.74, 6) is 2.54. The zero-order valence-electron chi connectivity index (χ0n) is 12.1. The van der Waals surface area contributed by atoms with Crippen LogP contribution in [0.3, 0.4) is 0 Å². The molecule has 1 fully saturated rings. The molecule has 0 saturated carbocycles. The van der Waals surface area contributed by atoms with Gasteiger partial charge in [0.05, 0.1) is 12.1 Å². The smallest absolute Gasteiger partial charge is 0.132 e. The second kappa shape index (κ2) is 6.70. The second-order valence-electron chi connectivity index (χ2n) is 5.10. The third-order valence-electron chi connectivity index (χ3n) is 3.29. The van der Waals surface area contributed by atoms with E-state index in [-0.39, 0.29) is 6.04 Å². The van der Waals surface area contributed by atoms with Gasteiger partial charge in [-0.1, -0.05) is 6.92 Å². The Balaban J connectivity index is 2.00. The van der Waals surface area contributed by atoms with E-state index in [4.69, 9.17) is 4.74 Å². The highest BCUT2D eigenvalue weighted by molar-refractivity contribution is 5.48. The largest absolute Gasteiger partial charge is 0.376 e. The molecule has 2 atom stereocenters. The Morgan fingerprint density at radius 3 is 2.89 bits per heavy atom. The highest BCUT2D eigenvalue weighted by Crippen LogP contribution is 2.19. The van der Waals surface area contributed by atoms with E-state index in [1.807, 2.05) is 13.0 Å². The maximum atomic E-state index is 5.69. The summed E-state index contributed by atoms with van der Waals surface area (Å²) < 4.78 is 5.69. The van der Waals surface area contributed by atoms with Crippen LogP contribution < -0.4 is 10.6 Å². The Morgan fingerprint density at radius 2 is 2.21 bits per heavy atom. The normalized spacial score (nSPS) is 20.3. The SMILES string of the molecule is CCCNc1cc(NC(C)C2CCCO2)nc(C)n1. The zero-order valence-corrected chi connectivity index (χ0v) is 12.1. The molecule has 1 aromatic rings. The number of ether oxygens (including phenoxy) is 1. The molecule has 2 rings (SSSR count). The van der Waals surface area contributed by atoms with Gasteiger partial charge >= 0.3 is 0 Å². The first-order valence-corrected chi connectivity index (χ1v) is 7.16. The van der Waals surface area contributed by atoms with Crippen molar-refractivity contribution in [3.05, 3.63) is 11.9 Å². The number of aromatic nitrogens is 2. The lowest BCUT2D eigenvalue weighted by Gasteiger charge is -2.21. The Morgan fingerprint density at radius 1 is 1.42 bits per heavy atom. The summed E-state index contributed by atoms with van der Waals surface area (Å²) in [6.45, 7) is 8.01. The number of anilines is 2. The number of hydrogen-bond donors (Lipinski definition) is 2. The molecule has 0 amide bonds. The molecule has 2 N–H and O–H groups in total. The summed E-state index contributed by atoms with van der Waals surface area (Å²) in [7, 11) is 0. The van der Waals surface area contributed by atoms with Gasteiger partial charge in [-0.05, 0) is 33.1 Å². The van der Waals surface area contributed by atoms with Gasteiger partial charge in [-0.25, -0.2) is 9.97 Å². The molecule has 106 valence electrons. The standard InChI is InChI=1S/C14H24N4O/c1-4-7-15-13-9-14(18-11(3)17-13)16-10(2)12-6-5-8-19-12/h9-10,12H,4-8H2,1-3H3,(H2,15,16,17,18). The van der Waals surface area contributed by atoms with E-state index in [2.05, 4.69) is 34.4 Å². The molecule has 19 heavy (non-hydrogen) atoms. The van der Waals surface area contributed by atoms with Crippen LogP contribution in [0.4, 0.5) is 11.6 Å². The summed E-state index contributed by atoms with van der Waals surface area (Å²) in [5, 5.41) is 6.72. The number of aryl methyl sites for hydroxylation is 1. The zero-order chi connectivity index (χ0) is 13.7. The lowest BCUT2D eigenvalue weighted by Crippen LogP contribution is -2.30. The molecule has 2 unspecified atom stereocenters. The maximum Gasteiger partial charge on any atom is 0.132 e. The van der Waals surface area contributed by atoms with Crippen molar-refractivity contribution < 1.29 is 4.74 Å². The molecule has 5 nitrogen and oxygen atoms in total. The molecule has 0 bridgehead atoms. The molecule has 1 saturated heterocycles. The fraction of sp³-hybridized carbons (Fsp3) is 0.714. The third-order valence-corrected chi connectivity index (χ3v) is 3.29. The van der Waals surface area contributed by atoms with Crippen LogP contribution in [0.2, 0.25) is 0 Å². The van der Waals surface area contributed by atoms with Gasteiger partial charge in [-0.2, -0.15) is 0 Å². The van der Waals surface area contributed by atoms with E-state index >= 15 is 0 Å². The molecular weight excluding hydrogens is 240 g/mol. The lowest BCUT2D eigenvalue weighted by molar-refractivity contribution is 0.0995. The molecular formula is C14H24N4O. The van der Waals surface area contributed by atoms with Crippen LogP contribution in [0, 0.1) is 6.92 Å². The predicted octanol–water partition coefficient (Wildman–Crippen LogP) is 2.59. The van der Waals surface area contributed by atoms with Crippen molar-refractivity contribution in [2.75, 3.05) is 23.8 Å². The first-order chi connectivity index (χ1) is 9.19. The number of hydrogen-bond acceptors (Lipinski definition) is 5. The van der Waals surface area contributed by atoms with Crippen molar-refractivity contribution in [2.24, 2.45) is 0 Å². The number of rotatable bonds is 6. The average Bonchev–Trinajstić information content (AvgIpc) is 2.89. The minimum atomic E-state index is 0.274. The fourth-order valence-corrected chi connectivity index (χ4v) is 2.31. The van der Waals surface area contributed by atoms with Crippen molar-refractivity contribution in [1.82, 2.24) is 9.97 Å². The summed E-state index contributed by atoms with van der Waals surface area (Å²) in [4.78, 5) is 8.82. The second-order valence-corrected chi connectivity index (χ2v) is 5.10. The summed E-state index contributed by atoms with van der Waals surface area (Å²) >= 11 is 0. The van der Waals surface area contributed by atoms with E-state index in [0.717, 1.165) is 49.9 Å². The first kappa shape index (κ1) is 14.1. The van der Waals surface area contributed by atoms with Crippen molar-refractivity contribution in [2.45, 2.75) is 52.2 Å². The Bertz CT molecular complexity index is 404. The first-order valence-electron chi connectivity index (χ1n) is 7.16. The van der Waals surface area contributed by atoms with Crippen molar-refractivity contribution in [3.63, 3.8) is 0 Å². The van der Waals surface area contributed by atoms with Gasteiger partial charge in [0.2, 0.25) is 0 Å². The van der Waals surface area contributed by atoms with Crippen molar-refractivity contribution in [3.8, 4) is 0 Å². The Kier molecular flexibility index (Phi) is 4.96. The van der Waals surface area contributed by atoms with Gasteiger partial charge in [-0.3, -0.25) is 0 Å². The Labute approximate surface area is 115 Å². The van der Waals surface area contributed by atoms with E-state index in [9.17, 15) is 0 Å². The summed E-state index contributed by atoms with van der Waals surface area (Å²) in [6.07, 6.45) is 3.66. The van der Waals surface area contributed by atoms with Gasteiger partial charge in [0, 0.05) is 19.2 Å². The highest BCUT2D eigenvalue weighted by atomic mass is 16.5. The average molecular weight is 264 g/mol. The molecule has 2 heterocycles. The summed E-state index contributed by atoms with van der Waals surface area (Å²) in [5.41, 5.74) is 0. The molecule has 0 aromatic carbocycles. The van der Waals surface area contributed by atoms with E-state index < -0.39 is 0 Å². The number of nitrogens with zero attached hydrogens (tertiary/aromatic N) is 2. The van der Waals surface area contributed by atoms with Crippen LogP contribution >= 0.6 is 0 Å². The minimum Gasteiger partial charge on any atom is -0.376 e. The van der Waals surface area contributed by atoms with Gasteiger partial charge in [-0.15, -0.1) is 0 Å². The molecule has 5 heteroatoms. The third kappa shape index (κ3) is 4.06. The molecule has 1 aliphatic rings. The quantitative estimate of drug-likeness (QED) is 0.827. The fourth-order valence-electron chi connectivity index (χ4n) is 2.31. The van der Waals surface area contributed by atoms with Gasteiger partial charge in [0.1, 0.15) is 17.5 Å². The molecule has 1 aromatic heterocycles. The van der Waals surface area contributed by atoms with Crippen molar-refractivity contribution >= 4 is 11.6 Å². The Hall–Kier alpha value is -1.36. The molecule has 0 aliphatic carbocycles.